The number of alkyl halides is 1. The molecule has 116 valence electrons. The van der Waals surface area contributed by atoms with Crippen LogP contribution in [0, 0.1) is 5.82 Å². The summed E-state index contributed by atoms with van der Waals surface area (Å²) in [7, 11) is -3.30. The molecule has 0 bridgehead atoms. The summed E-state index contributed by atoms with van der Waals surface area (Å²) in [4.78, 5) is 4.28. The maximum absolute atomic E-state index is 13.7. The van der Waals surface area contributed by atoms with E-state index in [1.165, 1.54) is 18.4 Å². The summed E-state index contributed by atoms with van der Waals surface area (Å²) in [5.41, 5.74) is 0.964. The average molecular weight is 353 g/mol. The number of fused-ring (bicyclic) bond motifs is 1. The molecule has 0 aliphatic rings. The van der Waals surface area contributed by atoms with Gasteiger partial charge in [-0.15, -0.1) is 11.6 Å². The predicted molar refractivity (Wildman–Crippen MR) is 83.2 cm³/mol. The van der Waals surface area contributed by atoms with Crippen molar-refractivity contribution in [2.24, 2.45) is 0 Å². The molecule has 0 saturated carbocycles. The highest BCUT2D eigenvalue weighted by Crippen LogP contribution is 2.27. The van der Waals surface area contributed by atoms with E-state index in [0.717, 1.165) is 0 Å². The van der Waals surface area contributed by atoms with Gasteiger partial charge < -0.3 is 4.57 Å². The fourth-order valence-corrected chi connectivity index (χ4v) is 2.67. The van der Waals surface area contributed by atoms with Crippen LogP contribution in [0.2, 0.25) is 5.02 Å². The van der Waals surface area contributed by atoms with Crippen molar-refractivity contribution in [1.29, 1.82) is 0 Å². The van der Waals surface area contributed by atoms with Crippen LogP contribution >= 0.6 is 23.2 Å². The Kier molecular flexibility index (Phi) is 4.26. The molecule has 2 rings (SSSR count). The zero-order valence-corrected chi connectivity index (χ0v) is 14.2. The minimum Gasteiger partial charge on any atom is -0.325 e. The first-order valence-corrected chi connectivity index (χ1v) is 8.97. The smallest absolute Gasteiger partial charge is 0.154 e. The maximum atomic E-state index is 13.7. The van der Waals surface area contributed by atoms with E-state index in [1.807, 2.05) is 0 Å². The van der Waals surface area contributed by atoms with Gasteiger partial charge in [-0.3, -0.25) is 0 Å². The van der Waals surface area contributed by atoms with Gasteiger partial charge in [0.25, 0.3) is 0 Å². The Hall–Kier alpha value is -0.850. The molecule has 8 heteroatoms. The number of rotatable bonds is 4. The fraction of sp³-hybridized carbons (Fsp3) is 0.462. The molecule has 1 aromatic heterocycles. The van der Waals surface area contributed by atoms with E-state index in [2.05, 4.69) is 4.98 Å². The first-order chi connectivity index (χ1) is 9.56. The summed E-state index contributed by atoms with van der Waals surface area (Å²) < 4.78 is 38.0. The highest BCUT2D eigenvalue weighted by Gasteiger charge is 2.32. The Bertz CT molecular complexity index is 800. The van der Waals surface area contributed by atoms with Gasteiger partial charge in [0.2, 0.25) is 0 Å². The van der Waals surface area contributed by atoms with E-state index in [9.17, 15) is 12.8 Å². The van der Waals surface area contributed by atoms with Gasteiger partial charge in [0, 0.05) is 18.9 Å². The number of aromatic nitrogens is 2. The Morgan fingerprint density at radius 1 is 1.38 bits per heavy atom. The number of halogens is 3. The van der Waals surface area contributed by atoms with Gasteiger partial charge in [-0.25, -0.2) is 17.8 Å². The van der Waals surface area contributed by atoms with Crippen LogP contribution in [0.25, 0.3) is 11.0 Å². The van der Waals surface area contributed by atoms with Gasteiger partial charge >= 0.3 is 0 Å². The Morgan fingerprint density at radius 2 is 2.00 bits per heavy atom. The topological polar surface area (TPSA) is 52.0 Å². The van der Waals surface area contributed by atoms with Crippen molar-refractivity contribution >= 4 is 44.1 Å². The molecule has 1 aromatic carbocycles. The second kappa shape index (κ2) is 5.41. The lowest BCUT2D eigenvalue weighted by Crippen LogP contribution is -2.36. The minimum atomic E-state index is -3.30. The zero-order valence-electron chi connectivity index (χ0n) is 11.8. The van der Waals surface area contributed by atoms with E-state index in [1.54, 1.807) is 18.4 Å². The predicted octanol–water partition coefficient (Wildman–Crippen LogP) is 3.39. The molecule has 21 heavy (non-hydrogen) atoms. The first-order valence-electron chi connectivity index (χ1n) is 6.16. The van der Waals surface area contributed by atoms with Crippen molar-refractivity contribution in [3.63, 3.8) is 0 Å². The number of hydrogen-bond donors (Lipinski definition) is 0. The molecule has 0 saturated heterocycles. The molecule has 0 N–H and O–H groups in total. The third kappa shape index (κ3) is 3.03. The van der Waals surface area contributed by atoms with Crippen LogP contribution in [0.5, 0.6) is 0 Å². The quantitative estimate of drug-likeness (QED) is 0.792. The number of sulfone groups is 1. The fourth-order valence-electron chi connectivity index (χ4n) is 1.95. The summed E-state index contributed by atoms with van der Waals surface area (Å²) in [6.45, 7) is 3.35. The van der Waals surface area contributed by atoms with Crippen LogP contribution in [0.1, 0.15) is 19.7 Å². The van der Waals surface area contributed by atoms with E-state index >= 15 is 0 Å². The molecular weight excluding hydrogens is 338 g/mol. The molecule has 0 aliphatic carbocycles. The summed E-state index contributed by atoms with van der Waals surface area (Å²) in [5.74, 6) is -0.0121. The maximum Gasteiger partial charge on any atom is 0.154 e. The molecule has 0 amide bonds. The van der Waals surface area contributed by atoms with Crippen molar-refractivity contribution in [2.45, 2.75) is 31.0 Å². The van der Waals surface area contributed by atoms with Crippen molar-refractivity contribution in [3.8, 4) is 0 Å². The van der Waals surface area contributed by atoms with Crippen LogP contribution in [-0.2, 0) is 22.3 Å². The SMILES string of the molecule is CC(C)(Cn1c(CCl)nc2cc(Cl)c(F)cc21)S(C)(=O)=O. The van der Waals surface area contributed by atoms with Gasteiger partial charge in [0.15, 0.2) is 9.84 Å². The average Bonchev–Trinajstić information content (AvgIpc) is 2.66. The number of nitrogens with zero attached hydrogens (tertiary/aromatic N) is 2. The first kappa shape index (κ1) is 16.5. The van der Waals surface area contributed by atoms with Crippen LogP contribution in [0.15, 0.2) is 12.1 Å². The van der Waals surface area contributed by atoms with Crippen molar-refractivity contribution in [3.05, 3.63) is 28.8 Å². The van der Waals surface area contributed by atoms with Gasteiger partial charge in [0.05, 0.1) is 26.7 Å². The highest BCUT2D eigenvalue weighted by atomic mass is 35.5. The zero-order chi connectivity index (χ0) is 16.0. The second-order valence-corrected chi connectivity index (χ2v) is 8.86. The Morgan fingerprint density at radius 3 is 2.52 bits per heavy atom. The van der Waals surface area contributed by atoms with Crippen LogP contribution in [-0.4, -0.2) is 29.0 Å². The summed E-state index contributed by atoms with van der Waals surface area (Å²) >= 11 is 11.6. The molecule has 0 atom stereocenters. The molecule has 0 aliphatic heterocycles. The minimum absolute atomic E-state index is 0.0318. The highest BCUT2D eigenvalue weighted by molar-refractivity contribution is 7.92. The lowest BCUT2D eigenvalue weighted by Gasteiger charge is -2.24. The number of imidazole rings is 1. The summed E-state index contributed by atoms with van der Waals surface area (Å²) in [5, 5.41) is -0.0318. The van der Waals surface area contributed by atoms with E-state index in [4.69, 9.17) is 23.2 Å². The molecule has 0 fully saturated rings. The molecule has 4 nitrogen and oxygen atoms in total. The van der Waals surface area contributed by atoms with Crippen molar-refractivity contribution in [2.75, 3.05) is 6.26 Å². The Labute approximate surface area is 132 Å². The van der Waals surface area contributed by atoms with Crippen molar-refractivity contribution < 1.29 is 12.8 Å². The number of hydrogen-bond acceptors (Lipinski definition) is 3. The number of benzene rings is 1. The third-order valence-electron chi connectivity index (χ3n) is 3.53. The van der Waals surface area contributed by atoms with E-state index < -0.39 is 20.4 Å². The molecule has 2 aromatic rings. The summed E-state index contributed by atoms with van der Waals surface area (Å²) in [6, 6.07) is 2.66. The molecule has 0 unspecified atom stereocenters. The van der Waals surface area contributed by atoms with Gasteiger partial charge in [-0.1, -0.05) is 11.6 Å². The second-order valence-electron chi connectivity index (χ2n) is 5.53. The van der Waals surface area contributed by atoms with Gasteiger partial charge in [0.1, 0.15) is 11.6 Å². The van der Waals surface area contributed by atoms with Crippen LogP contribution in [0.4, 0.5) is 4.39 Å². The van der Waals surface area contributed by atoms with Crippen LogP contribution in [0.3, 0.4) is 0 Å². The van der Waals surface area contributed by atoms with Crippen LogP contribution < -0.4 is 0 Å². The molecule has 1 heterocycles. The monoisotopic (exact) mass is 352 g/mol. The van der Waals surface area contributed by atoms with Crippen molar-refractivity contribution in [1.82, 2.24) is 9.55 Å². The third-order valence-corrected chi connectivity index (χ3v) is 6.20. The molecule has 0 radical (unpaired) electrons. The largest absolute Gasteiger partial charge is 0.325 e. The van der Waals surface area contributed by atoms with E-state index in [-0.39, 0.29) is 17.4 Å². The van der Waals surface area contributed by atoms with Gasteiger partial charge in [-0.2, -0.15) is 0 Å². The lowest BCUT2D eigenvalue weighted by molar-refractivity contribution is 0.502. The molecule has 0 spiro atoms. The standard InChI is InChI=1S/C13H15Cl2FN2O2S/c1-13(2,21(3,19)20)7-18-11-5-9(16)8(15)4-10(11)17-12(18)6-14/h4-5H,6-7H2,1-3H3. The molecular formula is C13H15Cl2FN2O2S. The van der Waals surface area contributed by atoms with Gasteiger partial charge in [-0.05, 0) is 19.9 Å². The van der Waals surface area contributed by atoms with E-state index in [0.29, 0.717) is 16.9 Å². The normalized spacial score (nSPS) is 13.0. The Balaban J connectivity index is 2.65. The lowest BCUT2D eigenvalue weighted by atomic mass is 10.2. The summed E-state index contributed by atoms with van der Waals surface area (Å²) in [6.07, 6.45) is 1.17.